The monoisotopic (exact) mass is 924 g/mol. The molecule has 10 rings (SSSR count). The highest BCUT2D eigenvalue weighted by atomic mass is 16.6. The van der Waals surface area contributed by atoms with Gasteiger partial charge in [-0.25, -0.2) is 15.0 Å². The molecule has 1 aromatic carbocycles. The van der Waals surface area contributed by atoms with Crippen molar-refractivity contribution in [1.29, 1.82) is 0 Å². The Labute approximate surface area is 395 Å². The second-order valence-electron chi connectivity index (χ2n) is 19.7. The van der Waals surface area contributed by atoms with E-state index in [9.17, 15) is 19.5 Å². The van der Waals surface area contributed by atoms with E-state index >= 15 is 0 Å². The van der Waals surface area contributed by atoms with Crippen LogP contribution in [0.25, 0.3) is 11.3 Å². The van der Waals surface area contributed by atoms with Crippen molar-refractivity contribution in [3.05, 3.63) is 94.6 Å². The predicted molar refractivity (Wildman–Crippen MR) is 260 cm³/mol. The Bertz CT molecular complexity index is 2880. The van der Waals surface area contributed by atoms with Crippen molar-refractivity contribution in [3.8, 4) is 22.9 Å². The first-order valence-corrected chi connectivity index (χ1v) is 23.7. The van der Waals surface area contributed by atoms with Crippen LogP contribution in [0.5, 0.6) is 11.6 Å². The molecule has 356 valence electrons. The van der Waals surface area contributed by atoms with E-state index in [1.54, 1.807) is 42.8 Å². The molecule has 2 saturated heterocycles. The molecular weight excluding hydrogens is 865 g/mol. The van der Waals surface area contributed by atoms with Crippen LogP contribution in [-0.2, 0) is 37.8 Å². The average Bonchev–Trinajstić information content (AvgIpc) is 3.82. The molecule has 4 aliphatic heterocycles. The van der Waals surface area contributed by atoms with Gasteiger partial charge in [0.2, 0.25) is 11.7 Å². The number of nitrogens with one attached hydrogen (secondary N) is 2. The maximum Gasteiger partial charge on any atom is 0.293 e. The number of amides is 2. The van der Waals surface area contributed by atoms with Gasteiger partial charge in [0, 0.05) is 99.3 Å². The van der Waals surface area contributed by atoms with E-state index in [1.807, 2.05) is 25.1 Å². The van der Waals surface area contributed by atoms with Crippen LogP contribution in [0.1, 0.15) is 74.8 Å². The van der Waals surface area contributed by atoms with Gasteiger partial charge in [0.15, 0.2) is 11.6 Å². The second kappa shape index (κ2) is 17.7. The third-order valence-corrected chi connectivity index (χ3v) is 14.3. The number of rotatable bonds is 10. The van der Waals surface area contributed by atoms with E-state index in [0.717, 1.165) is 63.4 Å². The van der Waals surface area contributed by atoms with Gasteiger partial charge in [-0.3, -0.25) is 24.2 Å². The van der Waals surface area contributed by atoms with Gasteiger partial charge in [-0.1, -0.05) is 20.4 Å². The third kappa shape index (κ3) is 8.22. The summed E-state index contributed by atoms with van der Waals surface area (Å²) in [7, 11) is 1.64. The first-order chi connectivity index (χ1) is 32.7. The van der Waals surface area contributed by atoms with Crippen LogP contribution in [-0.4, -0.2) is 114 Å². The minimum absolute atomic E-state index is 0.0441. The molecule has 2 amide bonds. The van der Waals surface area contributed by atoms with Gasteiger partial charge in [0.1, 0.15) is 30.5 Å². The Morgan fingerprint density at radius 2 is 1.82 bits per heavy atom. The zero-order valence-corrected chi connectivity index (χ0v) is 39.7. The van der Waals surface area contributed by atoms with E-state index in [4.69, 9.17) is 14.5 Å². The summed E-state index contributed by atoms with van der Waals surface area (Å²) < 4.78 is 15.6. The lowest BCUT2D eigenvalue weighted by molar-refractivity contribution is -0.111. The highest BCUT2D eigenvalue weighted by Crippen LogP contribution is 2.42. The lowest BCUT2D eigenvalue weighted by Gasteiger charge is -2.48. The number of hydrogen-bond donors (Lipinski definition) is 3. The molecule has 0 spiro atoms. The number of aliphatic hydroxyl groups excluding tert-OH is 1. The minimum Gasteiger partial charge on any atom is -0.481 e. The summed E-state index contributed by atoms with van der Waals surface area (Å²) >= 11 is 0. The Morgan fingerprint density at radius 1 is 0.985 bits per heavy atom. The number of hydrogen-bond acceptors (Lipinski definition) is 14. The molecule has 5 aliphatic rings. The summed E-state index contributed by atoms with van der Waals surface area (Å²) in [5.41, 5.74) is 6.20. The van der Waals surface area contributed by atoms with Crippen LogP contribution in [0.4, 0.5) is 34.5 Å². The molecule has 0 radical (unpaired) electrons. The molecule has 1 unspecified atom stereocenters. The van der Waals surface area contributed by atoms with Crippen LogP contribution >= 0.6 is 0 Å². The number of pyridine rings is 1. The van der Waals surface area contributed by atoms with Crippen molar-refractivity contribution in [2.45, 2.75) is 97.7 Å². The largest absolute Gasteiger partial charge is 0.481 e. The highest BCUT2D eigenvalue weighted by Gasteiger charge is 2.39. The normalized spacial score (nSPS) is 22.2. The molecule has 18 nitrogen and oxygen atoms in total. The summed E-state index contributed by atoms with van der Waals surface area (Å²) in [6.45, 7) is 18.9. The van der Waals surface area contributed by atoms with Crippen LogP contribution in [0.2, 0.25) is 0 Å². The molecule has 8 heterocycles. The predicted octanol–water partition coefficient (Wildman–Crippen LogP) is 5.31. The van der Waals surface area contributed by atoms with Crippen LogP contribution in [0.3, 0.4) is 0 Å². The molecule has 0 saturated carbocycles. The second-order valence-corrected chi connectivity index (χ2v) is 19.7. The van der Waals surface area contributed by atoms with Crippen LogP contribution in [0.15, 0.2) is 66.5 Å². The van der Waals surface area contributed by atoms with E-state index in [2.05, 4.69) is 79.1 Å². The number of fused-ring (bicyclic) bond motifs is 4. The van der Waals surface area contributed by atoms with Crippen molar-refractivity contribution >= 4 is 46.3 Å². The molecule has 68 heavy (non-hydrogen) atoms. The smallest absolute Gasteiger partial charge is 0.293 e. The standard InChI is InChI=1S/C50H60N12O6/c1-8-42(64)55-37-21-33(9-10-39(37)59-16-15-58(24-30(59)3)34-12-14-60(29(2)19-34)46-43-47(53-28-52-46)68-31(4)27-67-43)54-44-49(66)57(7)25-38(56-44)35-11-13-51-45(36(35)26-63)62-18-17-61-40(48(62)65)20-32-22-50(5,6)23-41(32)61/h8-11,13,20-21,25,28-31,34,63H,1,12,14-19,22-24,26-27H2,2-7H3,(H,54,56)(H,55,64)/t29-,30+,31-,34?/m1/s1. The molecule has 1 aliphatic carbocycles. The van der Waals surface area contributed by atoms with Crippen molar-refractivity contribution < 1.29 is 24.2 Å². The molecule has 4 aromatic heterocycles. The molecular formula is C50H60N12O6. The topological polar surface area (TPSA) is 188 Å². The lowest BCUT2D eigenvalue weighted by Crippen LogP contribution is -2.58. The van der Waals surface area contributed by atoms with Crippen LogP contribution in [0, 0.1) is 5.41 Å². The number of anilines is 6. The van der Waals surface area contributed by atoms with E-state index < -0.39 is 6.61 Å². The maximum atomic E-state index is 14.1. The first kappa shape index (κ1) is 45.0. The Morgan fingerprint density at radius 3 is 2.60 bits per heavy atom. The number of aromatic nitrogens is 6. The average molecular weight is 925 g/mol. The molecule has 5 aromatic rings. The number of aliphatic hydroxyl groups is 1. The maximum absolute atomic E-state index is 14.1. The summed E-state index contributed by atoms with van der Waals surface area (Å²) in [5.74, 6) is 1.79. The van der Waals surface area contributed by atoms with Gasteiger partial charge < -0.3 is 44.1 Å². The van der Waals surface area contributed by atoms with Gasteiger partial charge in [-0.2, -0.15) is 4.98 Å². The van der Waals surface area contributed by atoms with Gasteiger partial charge in [-0.05, 0) is 93.8 Å². The van der Waals surface area contributed by atoms with Crippen molar-refractivity contribution in [3.63, 3.8) is 0 Å². The van der Waals surface area contributed by atoms with Gasteiger partial charge in [0.05, 0.1) is 23.7 Å². The fourth-order valence-electron chi connectivity index (χ4n) is 11.0. The van der Waals surface area contributed by atoms with Gasteiger partial charge in [0.25, 0.3) is 17.3 Å². The Kier molecular flexibility index (Phi) is 11.7. The van der Waals surface area contributed by atoms with E-state index in [0.29, 0.717) is 77.1 Å². The number of nitrogens with zero attached hydrogens (tertiary/aromatic N) is 10. The molecule has 4 atom stereocenters. The highest BCUT2D eigenvalue weighted by molar-refractivity contribution is 6.06. The minimum atomic E-state index is -0.406. The summed E-state index contributed by atoms with van der Waals surface area (Å²) in [6, 6.07) is 10.1. The number of benzene rings is 1. The van der Waals surface area contributed by atoms with Crippen molar-refractivity contribution in [2.75, 3.05) is 64.7 Å². The van der Waals surface area contributed by atoms with Crippen LogP contribution < -0.4 is 40.4 Å². The third-order valence-electron chi connectivity index (χ3n) is 14.3. The van der Waals surface area contributed by atoms with E-state index in [1.165, 1.54) is 21.9 Å². The number of piperazine rings is 1. The fourth-order valence-corrected chi connectivity index (χ4v) is 11.0. The summed E-state index contributed by atoms with van der Waals surface area (Å²) in [6.07, 6.45) is 9.73. The van der Waals surface area contributed by atoms with Crippen molar-refractivity contribution in [1.82, 2.24) is 34.0 Å². The van der Waals surface area contributed by atoms with E-state index in [-0.39, 0.29) is 46.8 Å². The number of aryl methyl sites for hydroxylation is 1. The fraction of sp³-hybridized carbons (Fsp3) is 0.460. The number of carbonyl (C=O) groups excluding carboxylic acids is 2. The van der Waals surface area contributed by atoms with Gasteiger partial charge in [-0.15, -0.1) is 0 Å². The first-order valence-electron chi connectivity index (χ1n) is 23.7. The SMILES string of the molecule is C=CC(=O)Nc1cc(Nc2nc(-c3ccnc(N4CCn5c(cc6c5CC(C)(C)C6)C4=O)c3CO)cn(C)c2=O)ccc1N1CCN(C2CCN(c3ncnc4c3OC[C@@H](C)O4)[C@H](C)C2)C[C@@H]1C. The number of ether oxygens (including phenoxy) is 2. The van der Waals surface area contributed by atoms with Crippen molar-refractivity contribution in [2.24, 2.45) is 12.5 Å². The molecule has 3 N–H and O–H groups in total. The zero-order chi connectivity index (χ0) is 47.6. The number of carbonyl (C=O) groups is 2. The molecule has 2 fully saturated rings. The lowest BCUT2D eigenvalue weighted by atomic mass is 9.90. The number of piperidine rings is 1. The summed E-state index contributed by atoms with van der Waals surface area (Å²) in [5, 5.41) is 17.1. The quantitative estimate of drug-likeness (QED) is 0.153. The Hall–Kier alpha value is -6.79. The Balaban J connectivity index is 0.858. The van der Waals surface area contributed by atoms with Gasteiger partial charge >= 0.3 is 0 Å². The molecule has 0 bridgehead atoms. The summed E-state index contributed by atoms with van der Waals surface area (Å²) in [4.78, 5) is 67.8. The zero-order valence-electron chi connectivity index (χ0n) is 39.7. The molecule has 18 heteroatoms.